The van der Waals surface area contributed by atoms with E-state index in [4.69, 9.17) is 4.74 Å². The molecule has 4 heteroatoms. The highest BCUT2D eigenvalue weighted by atomic mass is 127. The number of pyridine rings is 1. The second-order valence-electron chi connectivity index (χ2n) is 8.63. The van der Waals surface area contributed by atoms with Crippen LogP contribution in [0.4, 0.5) is 5.69 Å². The van der Waals surface area contributed by atoms with E-state index < -0.39 is 5.72 Å². The van der Waals surface area contributed by atoms with Gasteiger partial charge in [-0.3, -0.25) is 0 Å². The highest BCUT2D eigenvalue weighted by Crippen LogP contribution is 2.55. The summed E-state index contributed by atoms with van der Waals surface area (Å²) in [6, 6.07) is 23.6. The van der Waals surface area contributed by atoms with E-state index in [-0.39, 0.29) is 29.4 Å². The molecule has 0 amide bonds. The lowest BCUT2D eigenvalue weighted by atomic mass is 9.76. The van der Waals surface area contributed by atoms with Gasteiger partial charge in [0.05, 0.1) is 5.41 Å². The number of aromatic nitrogens is 1. The van der Waals surface area contributed by atoms with Crippen LogP contribution in [0.2, 0.25) is 0 Å². The van der Waals surface area contributed by atoms with Crippen molar-refractivity contribution in [3.05, 3.63) is 95.3 Å². The van der Waals surface area contributed by atoms with Crippen LogP contribution in [0.3, 0.4) is 0 Å². The third-order valence-corrected chi connectivity index (χ3v) is 6.70. The van der Waals surface area contributed by atoms with E-state index in [1.165, 1.54) is 22.5 Å². The molecule has 2 aromatic carbocycles. The Morgan fingerprint density at radius 3 is 2.40 bits per heavy atom. The van der Waals surface area contributed by atoms with Crippen molar-refractivity contribution in [3.8, 4) is 5.75 Å². The third-order valence-electron chi connectivity index (χ3n) is 6.70. The number of fused-ring (bicyclic) bond motifs is 2. The van der Waals surface area contributed by atoms with E-state index in [1.54, 1.807) is 0 Å². The molecule has 1 unspecified atom stereocenters. The SMILES string of the molecule is Cc1ccc2c([n+]1C)C=CC1(O2)N(Cc2ccccc2)c2ccccc2C1(C)C.[I-]. The van der Waals surface area contributed by atoms with E-state index in [9.17, 15) is 0 Å². The Morgan fingerprint density at radius 2 is 1.63 bits per heavy atom. The summed E-state index contributed by atoms with van der Waals surface area (Å²) in [5.74, 6) is 0.930. The summed E-state index contributed by atoms with van der Waals surface area (Å²) in [4.78, 5) is 2.43. The summed E-state index contributed by atoms with van der Waals surface area (Å²) >= 11 is 0. The van der Waals surface area contributed by atoms with Gasteiger partial charge < -0.3 is 33.6 Å². The van der Waals surface area contributed by atoms with Crippen molar-refractivity contribution in [1.82, 2.24) is 0 Å². The van der Waals surface area contributed by atoms with Crippen LogP contribution in [-0.2, 0) is 19.0 Å². The summed E-state index contributed by atoms with van der Waals surface area (Å²) in [6.45, 7) is 7.50. The van der Waals surface area contributed by atoms with Crippen molar-refractivity contribution < 1.29 is 33.3 Å². The van der Waals surface area contributed by atoms with Crippen LogP contribution in [0.15, 0.2) is 72.8 Å². The predicted molar refractivity (Wildman–Crippen MR) is 117 cm³/mol. The monoisotopic (exact) mass is 510 g/mol. The minimum Gasteiger partial charge on any atom is -1.00 e. The molecule has 1 spiro atoms. The zero-order chi connectivity index (χ0) is 20.2. The molecule has 5 rings (SSSR count). The number of hydrogen-bond acceptors (Lipinski definition) is 2. The molecule has 154 valence electrons. The largest absolute Gasteiger partial charge is 1.00 e. The zero-order valence-corrected chi connectivity index (χ0v) is 20.1. The maximum Gasteiger partial charge on any atom is 0.247 e. The fraction of sp³-hybridized carbons (Fsp3) is 0.269. The van der Waals surface area contributed by atoms with Gasteiger partial charge in [0, 0.05) is 31.3 Å². The predicted octanol–water partition coefficient (Wildman–Crippen LogP) is 1.92. The smallest absolute Gasteiger partial charge is 0.247 e. The maximum absolute atomic E-state index is 6.92. The first kappa shape index (κ1) is 20.9. The van der Waals surface area contributed by atoms with E-state index in [0.717, 1.165) is 18.0 Å². The van der Waals surface area contributed by atoms with Gasteiger partial charge in [-0.05, 0) is 43.2 Å². The molecule has 1 aromatic heterocycles. The van der Waals surface area contributed by atoms with Gasteiger partial charge in [0.2, 0.25) is 11.4 Å². The number of benzene rings is 2. The molecule has 1 atom stereocenters. The van der Waals surface area contributed by atoms with E-state index in [1.807, 2.05) is 0 Å². The second-order valence-corrected chi connectivity index (χ2v) is 8.63. The minimum absolute atomic E-state index is 0. The van der Waals surface area contributed by atoms with Gasteiger partial charge in [-0.1, -0.05) is 48.5 Å². The molecule has 30 heavy (non-hydrogen) atoms. The third kappa shape index (κ3) is 2.88. The number of rotatable bonds is 2. The molecule has 0 saturated carbocycles. The Bertz CT molecular complexity index is 1120. The Balaban J connectivity index is 0.00000218. The molecule has 3 aromatic rings. The van der Waals surface area contributed by atoms with E-state index >= 15 is 0 Å². The van der Waals surface area contributed by atoms with Crippen molar-refractivity contribution in [2.45, 2.75) is 38.5 Å². The number of hydrogen-bond donors (Lipinski definition) is 0. The Morgan fingerprint density at radius 1 is 0.933 bits per heavy atom. The van der Waals surface area contributed by atoms with Crippen LogP contribution in [0, 0.1) is 6.92 Å². The van der Waals surface area contributed by atoms with Crippen molar-refractivity contribution in [1.29, 1.82) is 0 Å². The van der Waals surface area contributed by atoms with Crippen LogP contribution in [0.25, 0.3) is 6.08 Å². The van der Waals surface area contributed by atoms with Gasteiger partial charge >= 0.3 is 0 Å². The summed E-state index contributed by atoms with van der Waals surface area (Å²) in [6.07, 6.45) is 4.50. The first-order chi connectivity index (χ1) is 13.9. The fourth-order valence-electron chi connectivity index (χ4n) is 4.82. The quantitative estimate of drug-likeness (QED) is 0.387. The van der Waals surface area contributed by atoms with Gasteiger partial charge in [0.1, 0.15) is 7.05 Å². The fourth-order valence-corrected chi connectivity index (χ4v) is 4.82. The molecule has 0 fully saturated rings. The Kier molecular flexibility index (Phi) is 5.17. The molecule has 0 aliphatic carbocycles. The Labute approximate surface area is 196 Å². The van der Waals surface area contributed by atoms with Crippen LogP contribution < -0.4 is 38.2 Å². The van der Waals surface area contributed by atoms with Gasteiger partial charge in [-0.2, -0.15) is 4.57 Å². The number of nitrogens with zero attached hydrogens (tertiary/aromatic N) is 2. The van der Waals surface area contributed by atoms with Crippen molar-refractivity contribution in [3.63, 3.8) is 0 Å². The second kappa shape index (κ2) is 7.41. The molecule has 0 radical (unpaired) electrons. The van der Waals surface area contributed by atoms with Crippen LogP contribution in [-0.4, -0.2) is 5.72 Å². The number of anilines is 1. The maximum atomic E-state index is 6.92. The molecule has 0 bridgehead atoms. The first-order valence-electron chi connectivity index (χ1n) is 10.2. The summed E-state index contributed by atoms with van der Waals surface area (Å²) < 4.78 is 9.11. The topological polar surface area (TPSA) is 16.4 Å². The molecule has 2 aliphatic rings. The van der Waals surface area contributed by atoms with Crippen LogP contribution in [0.5, 0.6) is 5.75 Å². The summed E-state index contributed by atoms with van der Waals surface area (Å²) in [5.41, 5.74) is 5.37. The molecule has 0 saturated heterocycles. The van der Waals surface area contributed by atoms with Gasteiger partial charge in [-0.25, -0.2) is 0 Å². The number of aryl methyl sites for hydroxylation is 1. The zero-order valence-electron chi connectivity index (χ0n) is 17.9. The minimum atomic E-state index is -0.582. The average Bonchev–Trinajstić information content (AvgIpc) is 2.91. The molecule has 0 N–H and O–H groups in total. The summed E-state index contributed by atoms with van der Waals surface area (Å²) in [7, 11) is 2.09. The lowest BCUT2D eigenvalue weighted by Gasteiger charge is -2.46. The van der Waals surface area contributed by atoms with Gasteiger partial charge in [0.25, 0.3) is 0 Å². The molecule has 3 nitrogen and oxygen atoms in total. The van der Waals surface area contributed by atoms with Crippen LogP contribution >= 0.6 is 0 Å². The van der Waals surface area contributed by atoms with Crippen molar-refractivity contribution in [2.75, 3.05) is 4.90 Å². The number of ether oxygens (including phenoxy) is 1. The standard InChI is InChI=1S/C26H27N2O.HI/c1-19-14-15-24-23(27(19)4)16-17-26(29-24)25(2,3)21-12-8-9-13-22(21)28(26)18-20-10-6-5-7-11-20;/h5-17H,18H2,1-4H3;1H/q+1;/p-1. The van der Waals surface area contributed by atoms with E-state index in [0.29, 0.717) is 0 Å². The Hall–Kier alpha value is -2.34. The van der Waals surface area contributed by atoms with Crippen molar-refractivity contribution in [2.24, 2.45) is 7.05 Å². The van der Waals surface area contributed by atoms with E-state index in [2.05, 4.69) is 116 Å². The summed E-state index contributed by atoms with van der Waals surface area (Å²) in [5, 5.41) is 0. The van der Waals surface area contributed by atoms with Crippen molar-refractivity contribution >= 4 is 11.8 Å². The highest BCUT2D eigenvalue weighted by Gasteiger charge is 2.59. The highest BCUT2D eigenvalue weighted by molar-refractivity contribution is 5.71. The number of para-hydroxylation sites is 1. The molecule has 2 aliphatic heterocycles. The molecular formula is C26H27IN2O. The normalized spacial score (nSPS) is 20.3. The molecular weight excluding hydrogens is 483 g/mol. The van der Waals surface area contributed by atoms with Gasteiger partial charge in [0.15, 0.2) is 11.4 Å². The lowest BCUT2D eigenvalue weighted by Crippen LogP contribution is -3.00. The van der Waals surface area contributed by atoms with Gasteiger partial charge in [-0.15, -0.1) is 0 Å². The molecule has 3 heterocycles. The first-order valence-corrected chi connectivity index (χ1v) is 10.2. The lowest BCUT2D eigenvalue weighted by molar-refractivity contribution is -0.680. The van der Waals surface area contributed by atoms with Crippen LogP contribution in [0.1, 0.15) is 36.4 Å². The number of halogens is 1. The average molecular weight is 510 g/mol.